The molecule has 0 atom stereocenters. The zero-order valence-corrected chi connectivity index (χ0v) is 10.5. The van der Waals surface area contributed by atoms with Gasteiger partial charge in [-0.15, -0.1) is 0 Å². The molecule has 0 unspecified atom stereocenters. The summed E-state index contributed by atoms with van der Waals surface area (Å²) in [6.07, 6.45) is -5.00. The average molecular weight is 262 g/mol. The number of nitrogens with zero attached hydrogens (tertiary/aromatic N) is 1. The molecule has 0 bridgehead atoms. The number of aromatic nitrogens is 1. The van der Waals surface area contributed by atoms with E-state index in [4.69, 9.17) is 4.74 Å². The van der Waals surface area contributed by atoms with Crippen molar-refractivity contribution in [2.45, 2.75) is 32.5 Å². The second kappa shape index (κ2) is 6.58. The van der Waals surface area contributed by atoms with Crippen LogP contribution in [0, 0.1) is 6.92 Å². The summed E-state index contributed by atoms with van der Waals surface area (Å²) in [7, 11) is 1.83. The quantitative estimate of drug-likeness (QED) is 0.800. The molecule has 0 spiro atoms. The first-order valence-electron chi connectivity index (χ1n) is 5.73. The topological polar surface area (TPSA) is 34.1 Å². The molecule has 0 aliphatic carbocycles. The highest BCUT2D eigenvalue weighted by Crippen LogP contribution is 2.21. The van der Waals surface area contributed by atoms with Gasteiger partial charge in [-0.25, -0.2) is 4.98 Å². The first-order chi connectivity index (χ1) is 8.42. The van der Waals surface area contributed by atoms with E-state index in [1.165, 1.54) is 0 Å². The van der Waals surface area contributed by atoms with E-state index < -0.39 is 12.6 Å². The van der Waals surface area contributed by atoms with Crippen molar-refractivity contribution in [3.63, 3.8) is 0 Å². The van der Waals surface area contributed by atoms with Crippen LogP contribution in [-0.2, 0) is 6.54 Å². The number of nitrogens with one attached hydrogen (secondary N) is 1. The van der Waals surface area contributed by atoms with E-state index in [1.54, 1.807) is 6.07 Å². The Hall–Kier alpha value is -1.30. The summed E-state index contributed by atoms with van der Waals surface area (Å²) in [5.41, 5.74) is 1.86. The Kier molecular flexibility index (Phi) is 5.40. The normalized spacial score (nSPS) is 11.6. The number of aryl methyl sites for hydroxylation is 1. The van der Waals surface area contributed by atoms with E-state index in [2.05, 4.69) is 10.3 Å². The van der Waals surface area contributed by atoms with Gasteiger partial charge in [-0.3, -0.25) is 0 Å². The fourth-order valence-corrected chi connectivity index (χ4v) is 1.47. The van der Waals surface area contributed by atoms with E-state index in [0.717, 1.165) is 11.3 Å². The van der Waals surface area contributed by atoms with Gasteiger partial charge in [-0.2, -0.15) is 13.2 Å². The first kappa shape index (κ1) is 14.8. The van der Waals surface area contributed by atoms with Crippen LogP contribution in [0.1, 0.15) is 24.1 Å². The highest BCUT2D eigenvalue weighted by molar-refractivity contribution is 5.24. The molecule has 1 heterocycles. The van der Waals surface area contributed by atoms with Crippen LogP contribution in [0.5, 0.6) is 5.88 Å². The second-order valence-corrected chi connectivity index (χ2v) is 3.99. The molecule has 1 rings (SSSR count). The lowest BCUT2D eigenvalue weighted by atomic mass is 10.2. The Morgan fingerprint density at radius 3 is 2.61 bits per heavy atom. The summed E-state index contributed by atoms with van der Waals surface area (Å²) in [6.45, 7) is 2.57. The van der Waals surface area contributed by atoms with Crippen molar-refractivity contribution >= 4 is 0 Å². The summed E-state index contributed by atoms with van der Waals surface area (Å²) in [4.78, 5) is 4.18. The van der Waals surface area contributed by atoms with Crippen LogP contribution in [-0.4, -0.2) is 24.8 Å². The third kappa shape index (κ3) is 5.35. The van der Waals surface area contributed by atoms with Crippen molar-refractivity contribution < 1.29 is 17.9 Å². The number of halogens is 3. The smallest absolute Gasteiger partial charge is 0.389 e. The fourth-order valence-electron chi connectivity index (χ4n) is 1.47. The molecule has 0 amide bonds. The minimum absolute atomic E-state index is 0.0251. The summed E-state index contributed by atoms with van der Waals surface area (Å²) in [5.74, 6) is 0.370. The minimum atomic E-state index is -4.12. The first-order valence-corrected chi connectivity index (χ1v) is 5.73. The largest absolute Gasteiger partial charge is 0.478 e. The maximum Gasteiger partial charge on any atom is 0.389 e. The minimum Gasteiger partial charge on any atom is -0.478 e. The molecule has 18 heavy (non-hydrogen) atoms. The van der Waals surface area contributed by atoms with Gasteiger partial charge in [-0.1, -0.05) is 6.07 Å². The Balaban J connectivity index is 2.41. The maximum absolute atomic E-state index is 11.9. The number of ether oxygens (including phenoxy) is 1. The van der Waals surface area contributed by atoms with Crippen molar-refractivity contribution in [3.8, 4) is 5.88 Å². The van der Waals surface area contributed by atoms with Gasteiger partial charge in [0.25, 0.3) is 0 Å². The van der Waals surface area contributed by atoms with Gasteiger partial charge in [0.15, 0.2) is 0 Å². The van der Waals surface area contributed by atoms with Gasteiger partial charge in [-0.05, 0) is 26.0 Å². The van der Waals surface area contributed by atoms with E-state index in [1.807, 2.05) is 20.0 Å². The van der Waals surface area contributed by atoms with Crippen molar-refractivity contribution in [2.24, 2.45) is 0 Å². The van der Waals surface area contributed by atoms with Crippen molar-refractivity contribution in [1.29, 1.82) is 0 Å². The molecule has 0 aromatic carbocycles. The Morgan fingerprint density at radius 2 is 2.06 bits per heavy atom. The Bertz CT molecular complexity index is 380. The zero-order chi connectivity index (χ0) is 13.6. The molecule has 0 aliphatic rings. The molecule has 6 heteroatoms. The maximum atomic E-state index is 11.9. The summed E-state index contributed by atoms with van der Waals surface area (Å²) < 4.78 is 40.9. The molecule has 0 saturated carbocycles. The number of hydrogen-bond acceptors (Lipinski definition) is 3. The third-order valence-corrected chi connectivity index (χ3v) is 2.39. The van der Waals surface area contributed by atoms with Crippen LogP contribution in [0.15, 0.2) is 12.1 Å². The van der Waals surface area contributed by atoms with Crippen LogP contribution in [0.2, 0.25) is 0 Å². The number of hydrogen-bond donors (Lipinski definition) is 1. The van der Waals surface area contributed by atoms with Gasteiger partial charge in [0.2, 0.25) is 5.88 Å². The standard InChI is InChI=1S/C12H17F3N2O/c1-9-10(8-16-2)4-5-11(17-9)18-7-3-6-12(13,14)15/h4-5,16H,3,6-8H2,1-2H3. The molecule has 102 valence electrons. The zero-order valence-electron chi connectivity index (χ0n) is 10.5. The van der Waals surface area contributed by atoms with E-state index in [9.17, 15) is 13.2 Å². The Labute approximate surface area is 104 Å². The van der Waals surface area contributed by atoms with Gasteiger partial charge in [0.05, 0.1) is 6.61 Å². The monoisotopic (exact) mass is 262 g/mol. The summed E-state index contributed by atoms with van der Waals surface area (Å²) >= 11 is 0. The summed E-state index contributed by atoms with van der Waals surface area (Å²) in [5, 5.41) is 3.01. The van der Waals surface area contributed by atoms with Crippen LogP contribution in [0.3, 0.4) is 0 Å². The molecule has 0 saturated heterocycles. The molecule has 3 nitrogen and oxygen atoms in total. The SMILES string of the molecule is CNCc1ccc(OCCCC(F)(F)F)nc1C. The van der Waals surface area contributed by atoms with Gasteiger partial charge in [0.1, 0.15) is 0 Å². The van der Waals surface area contributed by atoms with Crippen LogP contribution < -0.4 is 10.1 Å². The van der Waals surface area contributed by atoms with Crippen LogP contribution in [0.25, 0.3) is 0 Å². The average Bonchev–Trinajstić information content (AvgIpc) is 2.27. The molecular formula is C12H17F3N2O. The molecule has 0 aliphatic heterocycles. The summed E-state index contributed by atoms with van der Waals surface area (Å²) in [6, 6.07) is 3.53. The van der Waals surface area contributed by atoms with Crippen molar-refractivity contribution in [3.05, 3.63) is 23.4 Å². The van der Waals surface area contributed by atoms with Crippen molar-refractivity contribution in [2.75, 3.05) is 13.7 Å². The molecule has 1 aromatic heterocycles. The lowest BCUT2D eigenvalue weighted by Crippen LogP contribution is -2.11. The van der Waals surface area contributed by atoms with Gasteiger partial charge < -0.3 is 10.1 Å². The molecule has 0 radical (unpaired) electrons. The molecular weight excluding hydrogens is 245 g/mol. The van der Waals surface area contributed by atoms with E-state index in [0.29, 0.717) is 12.4 Å². The van der Waals surface area contributed by atoms with Crippen LogP contribution >= 0.6 is 0 Å². The predicted octanol–water partition coefficient (Wildman–Crippen LogP) is 2.83. The number of pyridine rings is 1. The Morgan fingerprint density at radius 1 is 1.33 bits per heavy atom. The number of alkyl halides is 3. The molecule has 1 N–H and O–H groups in total. The fraction of sp³-hybridized carbons (Fsp3) is 0.583. The third-order valence-electron chi connectivity index (χ3n) is 2.39. The van der Waals surface area contributed by atoms with E-state index in [-0.39, 0.29) is 13.0 Å². The highest BCUT2D eigenvalue weighted by atomic mass is 19.4. The van der Waals surface area contributed by atoms with Gasteiger partial charge in [0, 0.05) is 24.7 Å². The molecule has 0 fully saturated rings. The van der Waals surface area contributed by atoms with Gasteiger partial charge >= 0.3 is 6.18 Å². The number of rotatable bonds is 6. The lowest BCUT2D eigenvalue weighted by Gasteiger charge is -2.09. The molecule has 1 aromatic rings. The second-order valence-electron chi connectivity index (χ2n) is 3.99. The van der Waals surface area contributed by atoms with Crippen molar-refractivity contribution in [1.82, 2.24) is 10.3 Å². The van der Waals surface area contributed by atoms with E-state index >= 15 is 0 Å². The van der Waals surface area contributed by atoms with Crippen LogP contribution in [0.4, 0.5) is 13.2 Å². The predicted molar refractivity (Wildman–Crippen MR) is 62.5 cm³/mol. The highest BCUT2D eigenvalue weighted by Gasteiger charge is 2.26. The lowest BCUT2D eigenvalue weighted by molar-refractivity contribution is -0.136.